The van der Waals surface area contributed by atoms with Crippen molar-refractivity contribution in [2.75, 3.05) is 0 Å². The number of benzene rings is 7. The van der Waals surface area contributed by atoms with Gasteiger partial charge in [0.1, 0.15) is 0 Å². The van der Waals surface area contributed by atoms with Gasteiger partial charge < -0.3 is 9.88 Å². The summed E-state index contributed by atoms with van der Waals surface area (Å²) in [5.74, 6) is 0.835. The highest BCUT2D eigenvalue weighted by Gasteiger charge is 2.28. The molecule has 0 saturated carbocycles. The minimum Gasteiger partial charge on any atom is -0.345 e. The summed E-state index contributed by atoms with van der Waals surface area (Å²) >= 11 is 1.88. The van der Waals surface area contributed by atoms with Crippen LogP contribution in [0, 0.1) is 0 Å². The molecule has 4 heterocycles. The van der Waals surface area contributed by atoms with Gasteiger partial charge in [-0.25, -0.2) is 4.99 Å². The third-order valence-corrected chi connectivity index (χ3v) is 12.2. The van der Waals surface area contributed by atoms with Crippen molar-refractivity contribution >= 4 is 97.5 Å². The lowest BCUT2D eigenvalue weighted by atomic mass is 9.95. The number of nitrogens with zero attached hydrogens (tertiary/aromatic N) is 3. The van der Waals surface area contributed by atoms with Gasteiger partial charge in [0, 0.05) is 58.5 Å². The normalized spacial score (nSPS) is 15.8. The number of fused-ring (bicyclic) bond motifs is 13. The number of hydrogen-bond acceptors (Lipinski definition) is 3. The summed E-state index contributed by atoms with van der Waals surface area (Å²) in [5.41, 5.74) is 9.19. The molecule has 0 spiro atoms. The van der Waals surface area contributed by atoms with E-state index in [0.29, 0.717) is 0 Å². The molecule has 1 aliphatic carbocycles. The Morgan fingerprint density at radius 1 is 0.547 bits per heavy atom. The zero-order valence-corrected chi connectivity index (χ0v) is 29.3. The summed E-state index contributed by atoms with van der Waals surface area (Å²) in [7, 11) is 0. The largest absolute Gasteiger partial charge is 0.345 e. The Balaban J connectivity index is 1.22. The average molecular weight is 695 g/mol. The van der Waals surface area contributed by atoms with Crippen LogP contribution < -0.4 is 5.32 Å². The van der Waals surface area contributed by atoms with Crippen molar-refractivity contribution in [3.05, 3.63) is 181 Å². The molecule has 3 aromatic heterocycles. The van der Waals surface area contributed by atoms with Crippen molar-refractivity contribution in [3.8, 4) is 5.69 Å². The van der Waals surface area contributed by atoms with Crippen molar-refractivity contribution in [1.29, 1.82) is 0 Å². The van der Waals surface area contributed by atoms with Gasteiger partial charge in [-0.2, -0.15) is 0 Å². The first-order valence-corrected chi connectivity index (χ1v) is 18.9. The highest BCUT2D eigenvalue weighted by atomic mass is 32.1. The molecule has 248 valence electrons. The van der Waals surface area contributed by atoms with E-state index in [0.717, 1.165) is 22.7 Å². The number of thiophene rings is 1. The fourth-order valence-electron chi connectivity index (χ4n) is 8.85. The first kappa shape index (κ1) is 28.9. The maximum atomic E-state index is 5.49. The Hall–Kier alpha value is -6.69. The van der Waals surface area contributed by atoms with Crippen LogP contribution in [0.2, 0.25) is 0 Å². The highest BCUT2D eigenvalue weighted by molar-refractivity contribution is 7.26. The van der Waals surface area contributed by atoms with Gasteiger partial charge in [-0.3, -0.25) is 4.57 Å². The molecule has 1 aliphatic heterocycles. The lowest BCUT2D eigenvalue weighted by molar-refractivity contribution is 0.805. The summed E-state index contributed by atoms with van der Waals surface area (Å²) in [6.45, 7) is 0. The van der Waals surface area contributed by atoms with Gasteiger partial charge in [0.15, 0.2) is 0 Å². The van der Waals surface area contributed by atoms with Gasteiger partial charge in [-0.15, -0.1) is 11.3 Å². The molecular formula is C48H30N4S. The van der Waals surface area contributed by atoms with Crippen LogP contribution in [0.1, 0.15) is 5.56 Å². The second kappa shape index (κ2) is 10.9. The van der Waals surface area contributed by atoms with Gasteiger partial charge in [-0.1, -0.05) is 127 Å². The monoisotopic (exact) mass is 694 g/mol. The van der Waals surface area contributed by atoms with E-state index in [4.69, 9.17) is 4.99 Å². The molecule has 12 rings (SSSR count). The molecule has 0 bridgehead atoms. The van der Waals surface area contributed by atoms with E-state index in [9.17, 15) is 0 Å². The third kappa shape index (κ3) is 4.08. The molecule has 0 radical (unpaired) electrons. The van der Waals surface area contributed by atoms with E-state index >= 15 is 0 Å². The van der Waals surface area contributed by atoms with Gasteiger partial charge >= 0.3 is 0 Å². The maximum absolute atomic E-state index is 5.49. The molecule has 0 amide bonds. The second-order valence-corrected chi connectivity index (χ2v) is 15.1. The van der Waals surface area contributed by atoms with Crippen LogP contribution in [-0.4, -0.2) is 21.1 Å². The van der Waals surface area contributed by atoms with Crippen LogP contribution in [0.25, 0.3) is 85.9 Å². The fourth-order valence-corrected chi connectivity index (χ4v) is 9.97. The number of hydrogen-bond donors (Lipinski definition) is 1. The summed E-state index contributed by atoms with van der Waals surface area (Å²) in [5, 5.41) is 13.9. The molecule has 7 aromatic carbocycles. The van der Waals surface area contributed by atoms with Crippen molar-refractivity contribution in [2.45, 2.75) is 6.04 Å². The van der Waals surface area contributed by atoms with E-state index in [1.165, 1.54) is 80.3 Å². The van der Waals surface area contributed by atoms with Crippen molar-refractivity contribution in [3.63, 3.8) is 0 Å². The Labute approximate surface area is 308 Å². The van der Waals surface area contributed by atoms with E-state index < -0.39 is 0 Å². The van der Waals surface area contributed by atoms with Crippen LogP contribution in [0.5, 0.6) is 0 Å². The third-order valence-electron chi connectivity index (χ3n) is 11.1. The summed E-state index contributed by atoms with van der Waals surface area (Å²) in [6.07, 6.45) is 8.67. The van der Waals surface area contributed by atoms with Crippen LogP contribution >= 0.6 is 11.3 Å². The smallest absolute Gasteiger partial charge is 0.209 e. The van der Waals surface area contributed by atoms with Gasteiger partial charge in [0.2, 0.25) is 5.96 Å². The van der Waals surface area contributed by atoms with Crippen LogP contribution in [0.4, 0.5) is 0 Å². The maximum Gasteiger partial charge on any atom is 0.209 e. The molecule has 4 nitrogen and oxygen atoms in total. The number of aliphatic imine (C=N–C) groups is 1. The van der Waals surface area contributed by atoms with Gasteiger partial charge in [0.25, 0.3) is 0 Å². The van der Waals surface area contributed by atoms with E-state index in [-0.39, 0.29) is 6.04 Å². The molecule has 10 aromatic rings. The van der Waals surface area contributed by atoms with Gasteiger partial charge in [-0.05, 0) is 53.2 Å². The Kier molecular flexibility index (Phi) is 5.96. The first-order chi connectivity index (χ1) is 26.3. The first-order valence-electron chi connectivity index (χ1n) is 18.1. The molecule has 5 heteroatoms. The SMILES string of the molecule is C1=CC2=C(c3ccccc3)N=C(n3c4ccccc4c4ccc5sc6ccc7c(c8ccccc8n7-c7ccc8ccccc8c7)c6c5c43)NC2C=C1. The Morgan fingerprint density at radius 3 is 2.17 bits per heavy atom. The summed E-state index contributed by atoms with van der Waals surface area (Å²) < 4.78 is 7.39. The highest BCUT2D eigenvalue weighted by Crippen LogP contribution is 2.47. The molecule has 1 N–H and O–H groups in total. The number of para-hydroxylation sites is 2. The van der Waals surface area contributed by atoms with Gasteiger partial charge in [0.05, 0.1) is 33.8 Å². The molecule has 1 atom stereocenters. The lowest BCUT2D eigenvalue weighted by Gasteiger charge is -2.28. The number of allylic oxidation sites excluding steroid dienone is 2. The molecule has 2 aliphatic rings. The number of rotatable bonds is 2. The van der Waals surface area contributed by atoms with E-state index in [1.807, 2.05) is 11.3 Å². The zero-order chi connectivity index (χ0) is 34.6. The van der Waals surface area contributed by atoms with Crippen molar-refractivity contribution < 1.29 is 0 Å². The van der Waals surface area contributed by atoms with Crippen molar-refractivity contribution in [1.82, 2.24) is 14.5 Å². The number of aromatic nitrogens is 2. The molecule has 1 unspecified atom stereocenters. The van der Waals surface area contributed by atoms with Crippen LogP contribution in [0.3, 0.4) is 0 Å². The minimum atomic E-state index is 0.00368. The zero-order valence-electron chi connectivity index (χ0n) is 28.5. The quantitative estimate of drug-likeness (QED) is 0.192. The van der Waals surface area contributed by atoms with Crippen LogP contribution in [0.15, 0.2) is 180 Å². The van der Waals surface area contributed by atoms with E-state index in [1.54, 1.807) is 0 Å². The van der Waals surface area contributed by atoms with Crippen molar-refractivity contribution in [2.24, 2.45) is 4.99 Å². The predicted octanol–water partition coefficient (Wildman–Crippen LogP) is 12.1. The molecular weight excluding hydrogens is 665 g/mol. The summed E-state index contributed by atoms with van der Waals surface area (Å²) in [4.78, 5) is 5.49. The minimum absolute atomic E-state index is 0.00368. The predicted molar refractivity (Wildman–Crippen MR) is 226 cm³/mol. The Morgan fingerprint density at radius 2 is 1.28 bits per heavy atom. The summed E-state index contributed by atoms with van der Waals surface area (Å²) in [6, 6.07) is 53.0. The standard InChI is InChI=1S/C48H30N4S/c1-2-13-30(14-3-1)46-35-17-6-9-19-37(35)49-48(50-46)52-38-20-10-7-16-33(38)34-24-26-42-45(47(34)52)44-41(53-42)27-25-40-43(44)36-18-8-11-21-39(36)51(40)32-23-22-29-12-4-5-15-31(29)28-32/h1-28,37H,(H,49,50). The topological polar surface area (TPSA) is 34.2 Å². The average Bonchev–Trinajstić information content (AvgIpc) is 3.88. The molecule has 53 heavy (non-hydrogen) atoms. The Bertz CT molecular complexity index is 3310. The second-order valence-electron chi connectivity index (χ2n) is 14.0. The molecule has 0 fully saturated rings. The number of nitrogens with one attached hydrogen (secondary N) is 1. The lowest BCUT2D eigenvalue weighted by Crippen LogP contribution is -2.42. The van der Waals surface area contributed by atoms with E-state index in [2.05, 4.69) is 184 Å². The van der Waals surface area contributed by atoms with Crippen LogP contribution in [-0.2, 0) is 0 Å². The molecule has 0 saturated heterocycles. The fraction of sp³-hybridized carbons (Fsp3) is 0.0208.